The van der Waals surface area contributed by atoms with Crippen LogP contribution >= 0.6 is 155 Å². The van der Waals surface area contributed by atoms with E-state index in [1.807, 2.05) is 0 Å². The molecule has 0 amide bonds. The van der Waals surface area contributed by atoms with Gasteiger partial charge in [-0.1, -0.05) is 0 Å². The van der Waals surface area contributed by atoms with Gasteiger partial charge in [0.1, 0.15) is 0 Å². The Balaban J connectivity index is 5.45. The maximum absolute atomic E-state index is 2.96. The molecular weight excluding hydrogens is 1430 g/mol. The number of alkyl halides is 1. The average Bonchev–Trinajstić information content (AvgIpc) is 1.82. The summed E-state index contributed by atoms with van der Waals surface area (Å²) in [4.78, 5) is 0. The third kappa shape index (κ3) is 5.29. The predicted molar refractivity (Wildman–Crippen MR) is 169 cm³/mol. The second-order valence-electron chi connectivity index (χ2n) is 2.12. The predicted octanol–water partition coefficient (Wildman–Crippen LogP) is 10.7. The van der Waals surface area contributed by atoms with Crippen LogP contribution in [0.3, 0.4) is 0 Å². The SMILES string of the molecule is CCCI(I)(I)(I)I(I)(I)(I)I(I)I. The first-order valence-corrected chi connectivity index (χ1v) is 67.3. The molecule has 0 rings (SSSR count). The summed E-state index contributed by atoms with van der Waals surface area (Å²) in [5.74, 6) is 0. The van der Waals surface area contributed by atoms with Gasteiger partial charge in [0.2, 0.25) is 0 Å². The molecule has 0 aliphatic heterocycles. The van der Waals surface area contributed by atoms with Gasteiger partial charge in [-0.2, -0.15) is 0 Å². The van der Waals surface area contributed by atoms with Crippen molar-refractivity contribution in [3.63, 3.8) is 0 Å². The normalized spacial score (nSPS) is 20.5. The molecule has 0 aromatic heterocycles. The Labute approximate surface area is 165 Å². The number of halogens is 11. The van der Waals surface area contributed by atoms with Crippen molar-refractivity contribution in [3.8, 4) is 0 Å². The van der Waals surface area contributed by atoms with Crippen molar-refractivity contribution in [2.45, 2.75) is 13.3 Å². The Bertz CT molecular complexity index is 212. The Morgan fingerprint density at radius 3 is 1.50 bits per heavy atom. The van der Waals surface area contributed by atoms with Gasteiger partial charge >= 0.3 is 173 Å². The van der Waals surface area contributed by atoms with Crippen LogP contribution in [0, 0.1) is 0 Å². The van der Waals surface area contributed by atoms with E-state index in [2.05, 4.69) is 156 Å². The number of rotatable bonds is 4. The van der Waals surface area contributed by atoms with Gasteiger partial charge in [-0.25, -0.2) is 0 Å². The summed E-state index contributed by atoms with van der Waals surface area (Å²) in [7, 11) is -0.751. The van der Waals surface area contributed by atoms with Gasteiger partial charge in [-0.3, -0.25) is 0 Å². The average molecular weight is 1440 g/mol. The van der Waals surface area contributed by atoms with Crippen LogP contribution in [-0.4, -0.2) is 4.43 Å². The van der Waals surface area contributed by atoms with E-state index < -0.39 is 6.22 Å². The Kier molecular flexibility index (Phi) is 12.2. The molecule has 14 heavy (non-hydrogen) atoms. The van der Waals surface area contributed by atoms with Gasteiger partial charge in [-0.05, 0) is 0 Å². The summed E-state index contributed by atoms with van der Waals surface area (Å²) >= 11 is 23.3. The van der Waals surface area contributed by atoms with E-state index in [0.29, 0.717) is 0 Å². The summed E-state index contributed by atoms with van der Waals surface area (Å²) in [6, 6.07) is 0. The third-order valence-electron chi connectivity index (χ3n) is 1.04. The third-order valence-corrected chi connectivity index (χ3v) is 887. The zero-order valence-corrected chi connectivity index (χ0v) is 30.3. The summed E-state index contributed by atoms with van der Waals surface area (Å²) in [5, 5.41) is 0. The second-order valence-corrected chi connectivity index (χ2v) is 330. The quantitative estimate of drug-likeness (QED) is 0.194. The molecule has 0 fully saturated rings. The minimum absolute atomic E-state index is 0.751. The first kappa shape index (κ1) is 22.0. The summed E-state index contributed by atoms with van der Waals surface area (Å²) < 4.78 is -2.74. The standard InChI is InChI=1S/C3H7I11/c1-2-3-13(6,7,8)14(9,10,11)12(4)5/h2-3H2,1H3. The first-order chi connectivity index (χ1) is 5.82. The zero-order valence-electron chi connectivity index (χ0n) is 6.57. The van der Waals surface area contributed by atoms with E-state index in [1.165, 1.54) is 10.8 Å². The Morgan fingerprint density at radius 2 is 1.29 bits per heavy atom. The molecule has 0 radical (unpaired) electrons. The topological polar surface area (TPSA) is 0 Å². The van der Waals surface area contributed by atoms with Crippen LogP contribution in [0.25, 0.3) is 0 Å². The van der Waals surface area contributed by atoms with E-state index >= 15 is 0 Å². The monoisotopic (exact) mass is 1440 g/mol. The molecular formula is C3H7I11. The van der Waals surface area contributed by atoms with Crippen molar-refractivity contribution in [1.82, 2.24) is 0 Å². The van der Waals surface area contributed by atoms with Crippen molar-refractivity contribution in [2.24, 2.45) is 0 Å². The first-order valence-electron chi connectivity index (χ1n) is 2.90. The van der Waals surface area contributed by atoms with Gasteiger partial charge < -0.3 is 0 Å². The second kappa shape index (κ2) is 7.73. The molecule has 96 valence electrons. The Morgan fingerprint density at radius 1 is 0.929 bits per heavy atom. The van der Waals surface area contributed by atoms with Crippen LogP contribution in [-0.2, 0) is 0 Å². The van der Waals surface area contributed by atoms with E-state index in [4.69, 9.17) is 0 Å². The number of hydrogen-bond donors (Lipinski definition) is 0. The van der Waals surface area contributed by atoms with E-state index in [1.54, 1.807) is 0 Å². The molecule has 0 saturated heterocycles. The fourth-order valence-corrected chi connectivity index (χ4v) is 733. The van der Waals surface area contributed by atoms with E-state index in [9.17, 15) is 0 Å². The van der Waals surface area contributed by atoms with Crippen molar-refractivity contribution < 1.29 is 0 Å². The Hall–Kier alpha value is 8.03. The molecule has 0 atom stereocenters. The van der Waals surface area contributed by atoms with Crippen LogP contribution in [0.4, 0.5) is 0 Å². The van der Waals surface area contributed by atoms with Crippen LogP contribution < -0.4 is 0 Å². The molecule has 11 heteroatoms. The minimum atomic E-state index is -2.14. The molecule has 0 aromatic rings. The molecule has 0 aliphatic rings. The van der Waals surface area contributed by atoms with Gasteiger partial charge in [-0.15, -0.1) is 0 Å². The van der Waals surface area contributed by atoms with Crippen molar-refractivity contribution in [2.75, 3.05) is 4.43 Å². The summed E-state index contributed by atoms with van der Waals surface area (Å²) in [6.45, 7) is 2.35. The molecule has 0 aromatic carbocycles. The van der Waals surface area contributed by atoms with Crippen molar-refractivity contribution in [3.05, 3.63) is 0 Å². The van der Waals surface area contributed by atoms with Crippen molar-refractivity contribution >= 4 is 155 Å². The van der Waals surface area contributed by atoms with Crippen LogP contribution in [0.15, 0.2) is 0 Å². The van der Waals surface area contributed by atoms with Crippen LogP contribution in [0.1, 0.15) is 13.3 Å². The molecule has 0 N–H and O–H groups in total. The molecule has 0 spiro atoms. The summed E-state index contributed by atoms with van der Waals surface area (Å²) in [5.41, 5.74) is 0. The maximum atomic E-state index is 2.96. The van der Waals surface area contributed by atoms with Gasteiger partial charge in [0, 0.05) is 0 Å². The van der Waals surface area contributed by atoms with Gasteiger partial charge in [0.05, 0.1) is 0 Å². The zero-order chi connectivity index (χ0) is 11.9. The molecule has 0 unspecified atom stereocenters. The molecule has 0 bridgehead atoms. The van der Waals surface area contributed by atoms with E-state index in [-0.39, 0.29) is 0 Å². The van der Waals surface area contributed by atoms with Crippen LogP contribution in [0.2, 0.25) is 0 Å². The fourth-order valence-electron chi connectivity index (χ4n) is 0.469. The summed E-state index contributed by atoms with van der Waals surface area (Å²) in [6.07, 6.45) is 1.37. The molecule has 0 nitrogen and oxygen atoms in total. The number of hydrogen-bond acceptors (Lipinski definition) is 0. The van der Waals surface area contributed by atoms with E-state index in [0.717, 1.165) is 0 Å². The van der Waals surface area contributed by atoms with Gasteiger partial charge in [0.15, 0.2) is 0 Å². The fraction of sp³-hybridized carbons (Fsp3) is 1.00. The van der Waals surface area contributed by atoms with Crippen LogP contribution in [0.5, 0.6) is 0 Å². The molecule has 0 aliphatic carbocycles. The molecule has 0 heterocycles. The van der Waals surface area contributed by atoms with Crippen molar-refractivity contribution in [1.29, 1.82) is 0 Å². The molecule has 0 saturated carbocycles. The van der Waals surface area contributed by atoms with Gasteiger partial charge in [0.25, 0.3) is 0 Å².